The van der Waals surface area contributed by atoms with Crippen LogP contribution in [-0.4, -0.2) is 17.6 Å². The number of carbonyl (C=O) groups excluding carboxylic acids is 2. The van der Waals surface area contributed by atoms with Crippen LogP contribution < -0.4 is 10.2 Å². The van der Waals surface area contributed by atoms with Crippen LogP contribution in [0, 0.1) is 5.92 Å². The van der Waals surface area contributed by atoms with Gasteiger partial charge >= 0.3 is 0 Å². The molecule has 0 spiro atoms. The summed E-state index contributed by atoms with van der Waals surface area (Å²) >= 11 is 1.63. The molecule has 3 rings (SSSR count). The van der Waals surface area contributed by atoms with Gasteiger partial charge in [-0.25, -0.2) is 0 Å². The van der Waals surface area contributed by atoms with Gasteiger partial charge in [0.25, 0.3) is 0 Å². The van der Waals surface area contributed by atoms with Gasteiger partial charge in [-0.05, 0) is 54.7 Å². The van der Waals surface area contributed by atoms with E-state index in [-0.39, 0.29) is 23.1 Å². The summed E-state index contributed by atoms with van der Waals surface area (Å²) in [6, 6.07) is 16.1. The van der Waals surface area contributed by atoms with E-state index in [1.807, 2.05) is 41.3 Å². The van der Waals surface area contributed by atoms with Gasteiger partial charge in [0.2, 0.25) is 11.8 Å². The van der Waals surface area contributed by atoms with Crippen molar-refractivity contribution < 1.29 is 9.59 Å². The SMILES string of the molecule is CCCC[C@@H](CC)C(=O)Nc1cccc([C@H]2SCC(=O)N2c2cccc(CC)c2)c1. The summed E-state index contributed by atoms with van der Waals surface area (Å²) in [5.74, 6) is 0.723. The molecule has 0 unspecified atom stereocenters. The van der Waals surface area contributed by atoms with Gasteiger partial charge in [0.05, 0.1) is 5.75 Å². The minimum atomic E-state index is -0.0801. The lowest BCUT2D eigenvalue weighted by Gasteiger charge is -2.25. The molecule has 0 aromatic heterocycles. The maximum absolute atomic E-state index is 12.7. The first-order valence-electron chi connectivity index (χ1n) is 11.0. The lowest BCUT2D eigenvalue weighted by molar-refractivity contribution is -0.120. The maximum atomic E-state index is 12.7. The van der Waals surface area contributed by atoms with Crippen LogP contribution in [0.1, 0.15) is 63.0 Å². The van der Waals surface area contributed by atoms with Crippen LogP contribution in [0.4, 0.5) is 11.4 Å². The molecule has 2 aromatic rings. The Hall–Kier alpha value is -2.27. The van der Waals surface area contributed by atoms with Crippen LogP contribution in [-0.2, 0) is 16.0 Å². The highest BCUT2D eigenvalue weighted by molar-refractivity contribution is 8.00. The van der Waals surface area contributed by atoms with E-state index in [1.54, 1.807) is 11.8 Å². The second-order valence-corrected chi connectivity index (χ2v) is 8.88. The Kier molecular flexibility index (Phi) is 7.97. The maximum Gasteiger partial charge on any atom is 0.238 e. The molecule has 1 saturated heterocycles. The van der Waals surface area contributed by atoms with Crippen LogP contribution in [0.5, 0.6) is 0 Å². The lowest BCUT2D eigenvalue weighted by Crippen LogP contribution is -2.28. The van der Waals surface area contributed by atoms with E-state index in [2.05, 4.69) is 38.2 Å². The molecule has 1 fully saturated rings. The second-order valence-electron chi connectivity index (χ2n) is 7.81. The van der Waals surface area contributed by atoms with Gasteiger partial charge in [-0.1, -0.05) is 57.9 Å². The number of anilines is 2. The minimum absolute atomic E-state index is 0.0457. The molecule has 1 aliphatic rings. The fourth-order valence-electron chi connectivity index (χ4n) is 3.86. The average molecular weight is 425 g/mol. The Labute approximate surface area is 184 Å². The lowest BCUT2D eigenvalue weighted by atomic mass is 9.98. The number of unbranched alkanes of at least 4 members (excludes halogenated alkanes) is 1. The fourth-order valence-corrected chi connectivity index (χ4v) is 5.03. The molecule has 4 nitrogen and oxygen atoms in total. The molecule has 1 aliphatic heterocycles. The highest BCUT2D eigenvalue weighted by Gasteiger charge is 2.34. The summed E-state index contributed by atoms with van der Waals surface area (Å²) in [5, 5.41) is 3.02. The van der Waals surface area contributed by atoms with Gasteiger partial charge < -0.3 is 5.32 Å². The normalized spacial score (nSPS) is 17.2. The number of aryl methyl sites for hydroxylation is 1. The number of hydrogen-bond acceptors (Lipinski definition) is 3. The molecule has 2 aromatic carbocycles. The van der Waals surface area contributed by atoms with Crippen molar-refractivity contribution in [3.8, 4) is 0 Å². The molecule has 2 amide bonds. The van der Waals surface area contributed by atoms with Gasteiger partial charge in [0.15, 0.2) is 0 Å². The zero-order chi connectivity index (χ0) is 21.5. The largest absolute Gasteiger partial charge is 0.326 e. The third-order valence-corrected chi connectivity index (χ3v) is 6.89. The van der Waals surface area contributed by atoms with Crippen molar-refractivity contribution in [3.63, 3.8) is 0 Å². The van der Waals surface area contributed by atoms with E-state index in [0.717, 1.165) is 49.0 Å². The van der Waals surface area contributed by atoms with Crippen molar-refractivity contribution in [3.05, 3.63) is 59.7 Å². The van der Waals surface area contributed by atoms with Gasteiger partial charge in [0, 0.05) is 17.3 Å². The first kappa shape index (κ1) is 22.4. The van der Waals surface area contributed by atoms with Gasteiger partial charge in [-0.2, -0.15) is 0 Å². The zero-order valence-electron chi connectivity index (χ0n) is 18.2. The van der Waals surface area contributed by atoms with Crippen LogP contribution in [0.15, 0.2) is 48.5 Å². The van der Waals surface area contributed by atoms with Crippen LogP contribution in [0.3, 0.4) is 0 Å². The number of hydrogen-bond donors (Lipinski definition) is 1. The number of benzene rings is 2. The topological polar surface area (TPSA) is 49.4 Å². The Morgan fingerprint density at radius 3 is 2.70 bits per heavy atom. The number of carbonyl (C=O) groups is 2. The first-order valence-corrected chi connectivity index (χ1v) is 12.1. The zero-order valence-corrected chi connectivity index (χ0v) is 19.0. The van der Waals surface area contributed by atoms with Crippen molar-refractivity contribution in [2.75, 3.05) is 16.0 Å². The summed E-state index contributed by atoms with van der Waals surface area (Å²) in [6.45, 7) is 6.34. The molecule has 0 radical (unpaired) electrons. The molecule has 160 valence electrons. The van der Waals surface area contributed by atoms with E-state index in [4.69, 9.17) is 0 Å². The van der Waals surface area contributed by atoms with Crippen molar-refractivity contribution in [2.45, 2.75) is 58.2 Å². The summed E-state index contributed by atoms with van der Waals surface area (Å²) in [5.41, 5.74) is 3.99. The summed E-state index contributed by atoms with van der Waals surface area (Å²) in [6.07, 6.45) is 4.87. The van der Waals surface area contributed by atoms with E-state index < -0.39 is 0 Å². The number of nitrogens with zero attached hydrogens (tertiary/aromatic N) is 1. The van der Waals surface area contributed by atoms with Crippen LogP contribution in [0.2, 0.25) is 0 Å². The van der Waals surface area contributed by atoms with Crippen molar-refractivity contribution in [2.24, 2.45) is 5.92 Å². The standard InChI is InChI=1S/C25H32N2O2S/c1-4-7-11-19(6-3)24(29)26-21-13-9-12-20(16-21)25-27(23(28)17-30-25)22-14-8-10-18(5-2)15-22/h8-10,12-16,19,25H,4-7,11,17H2,1-3H3,(H,26,29)/t19-,25-/m1/s1. The predicted molar refractivity (Wildman–Crippen MR) is 127 cm³/mol. The molecule has 0 aliphatic carbocycles. The van der Waals surface area contributed by atoms with Crippen LogP contribution >= 0.6 is 11.8 Å². The Bertz CT molecular complexity index is 883. The molecule has 0 bridgehead atoms. The van der Waals surface area contributed by atoms with E-state index in [1.165, 1.54) is 5.56 Å². The molecule has 30 heavy (non-hydrogen) atoms. The number of rotatable bonds is 9. The number of thioether (sulfide) groups is 1. The molecule has 0 saturated carbocycles. The molecule has 1 heterocycles. The molecule has 2 atom stereocenters. The minimum Gasteiger partial charge on any atom is -0.326 e. The highest BCUT2D eigenvalue weighted by Crippen LogP contribution is 2.42. The summed E-state index contributed by atoms with van der Waals surface area (Å²) in [4.78, 5) is 27.3. The van der Waals surface area contributed by atoms with Crippen LogP contribution in [0.25, 0.3) is 0 Å². The number of amides is 2. The third-order valence-electron chi connectivity index (χ3n) is 5.67. The Morgan fingerprint density at radius 1 is 1.17 bits per heavy atom. The molecule has 1 N–H and O–H groups in total. The van der Waals surface area contributed by atoms with Gasteiger partial charge in [-0.3, -0.25) is 14.5 Å². The van der Waals surface area contributed by atoms with Crippen molar-refractivity contribution in [1.29, 1.82) is 0 Å². The van der Waals surface area contributed by atoms with Crippen molar-refractivity contribution in [1.82, 2.24) is 0 Å². The first-order chi connectivity index (χ1) is 14.6. The van der Waals surface area contributed by atoms with Gasteiger partial charge in [-0.15, -0.1) is 11.8 Å². The monoisotopic (exact) mass is 424 g/mol. The number of nitrogens with one attached hydrogen (secondary N) is 1. The van der Waals surface area contributed by atoms with E-state index in [0.29, 0.717) is 5.75 Å². The average Bonchev–Trinajstić information content (AvgIpc) is 3.16. The van der Waals surface area contributed by atoms with E-state index in [9.17, 15) is 9.59 Å². The smallest absolute Gasteiger partial charge is 0.238 e. The highest BCUT2D eigenvalue weighted by atomic mass is 32.2. The molecular weight excluding hydrogens is 392 g/mol. The summed E-state index contributed by atoms with van der Waals surface area (Å²) in [7, 11) is 0. The summed E-state index contributed by atoms with van der Waals surface area (Å²) < 4.78 is 0. The quantitative estimate of drug-likeness (QED) is 0.523. The third kappa shape index (κ3) is 5.25. The van der Waals surface area contributed by atoms with Gasteiger partial charge in [0.1, 0.15) is 5.37 Å². The Morgan fingerprint density at radius 2 is 1.97 bits per heavy atom. The Balaban J connectivity index is 1.80. The van der Waals surface area contributed by atoms with Crippen molar-refractivity contribution >= 4 is 35.0 Å². The second kappa shape index (κ2) is 10.7. The molecular formula is C25H32N2O2S. The predicted octanol–water partition coefficient (Wildman–Crippen LogP) is 6.18. The fraction of sp³-hybridized carbons (Fsp3) is 0.440. The molecule has 5 heteroatoms. The van der Waals surface area contributed by atoms with E-state index >= 15 is 0 Å².